The summed E-state index contributed by atoms with van der Waals surface area (Å²) >= 11 is 12.1. The molecule has 1 heterocycles. The molecule has 106 valence electrons. The Balaban J connectivity index is 2.33. The van der Waals surface area contributed by atoms with E-state index in [9.17, 15) is 5.11 Å². The lowest BCUT2D eigenvalue weighted by Crippen LogP contribution is -2.08. The highest BCUT2D eigenvalue weighted by atomic mass is 35.5. The Hall–Kier alpha value is -1.29. The van der Waals surface area contributed by atoms with Gasteiger partial charge in [-0.2, -0.15) is 0 Å². The molecule has 2 rings (SSSR count). The molecule has 0 aliphatic carbocycles. The highest BCUT2D eigenvalue weighted by molar-refractivity contribution is 6.31. The van der Waals surface area contributed by atoms with Crippen LogP contribution in [0.15, 0.2) is 36.5 Å². The SMILES string of the molecule is COc1ccc(Cl)c(C(C)C(O)c2ccnc(Cl)c2)c1. The summed E-state index contributed by atoms with van der Waals surface area (Å²) < 4.78 is 5.19. The first-order chi connectivity index (χ1) is 9.52. The van der Waals surface area contributed by atoms with Gasteiger partial charge in [-0.05, 0) is 41.5 Å². The molecule has 1 aromatic heterocycles. The minimum Gasteiger partial charge on any atom is -0.497 e. The number of ether oxygens (including phenoxy) is 1. The van der Waals surface area contributed by atoms with Gasteiger partial charge in [-0.25, -0.2) is 4.98 Å². The van der Waals surface area contributed by atoms with Crippen molar-refractivity contribution in [3.8, 4) is 5.75 Å². The molecule has 1 N–H and O–H groups in total. The van der Waals surface area contributed by atoms with Crippen LogP contribution in [0.1, 0.15) is 30.1 Å². The lowest BCUT2D eigenvalue weighted by Gasteiger charge is -2.21. The molecule has 0 aliphatic rings. The predicted octanol–water partition coefficient (Wildman–Crippen LogP) is 4.23. The van der Waals surface area contributed by atoms with E-state index in [4.69, 9.17) is 27.9 Å². The third-order valence-corrected chi connectivity index (χ3v) is 3.81. The van der Waals surface area contributed by atoms with E-state index >= 15 is 0 Å². The number of aromatic nitrogens is 1. The van der Waals surface area contributed by atoms with Crippen molar-refractivity contribution < 1.29 is 9.84 Å². The second-order valence-electron chi connectivity index (χ2n) is 4.53. The van der Waals surface area contributed by atoms with Crippen molar-refractivity contribution in [2.24, 2.45) is 0 Å². The number of hydrogen-bond donors (Lipinski definition) is 1. The molecule has 2 aromatic rings. The minimum atomic E-state index is -0.722. The van der Waals surface area contributed by atoms with Crippen molar-refractivity contribution in [1.29, 1.82) is 0 Å². The Morgan fingerprint density at radius 3 is 2.60 bits per heavy atom. The number of rotatable bonds is 4. The van der Waals surface area contributed by atoms with E-state index in [0.29, 0.717) is 21.5 Å². The minimum absolute atomic E-state index is 0.198. The van der Waals surface area contributed by atoms with Gasteiger partial charge in [0.1, 0.15) is 10.9 Å². The van der Waals surface area contributed by atoms with Crippen molar-refractivity contribution in [2.75, 3.05) is 7.11 Å². The van der Waals surface area contributed by atoms with E-state index in [1.165, 1.54) is 0 Å². The second kappa shape index (κ2) is 6.44. The maximum Gasteiger partial charge on any atom is 0.129 e. The van der Waals surface area contributed by atoms with Crippen LogP contribution in [0.3, 0.4) is 0 Å². The highest BCUT2D eigenvalue weighted by Gasteiger charge is 2.21. The summed E-state index contributed by atoms with van der Waals surface area (Å²) in [5.74, 6) is 0.507. The fourth-order valence-electron chi connectivity index (χ4n) is 2.06. The number of hydrogen-bond acceptors (Lipinski definition) is 3. The van der Waals surface area contributed by atoms with Gasteiger partial charge in [0, 0.05) is 17.1 Å². The molecule has 0 saturated heterocycles. The fourth-order valence-corrected chi connectivity index (χ4v) is 2.53. The smallest absolute Gasteiger partial charge is 0.129 e. The Kier molecular flexibility index (Phi) is 4.86. The van der Waals surface area contributed by atoms with Crippen LogP contribution in [0, 0.1) is 0 Å². The number of halogens is 2. The van der Waals surface area contributed by atoms with Crippen molar-refractivity contribution in [2.45, 2.75) is 18.9 Å². The van der Waals surface area contributed by atoms with Gasteiger partial charge in [-0.1, -0.05) is 30.1 Å². The third-order valence-electron chi connectivity index (χ3n) is 3.26. The molecule has 0 bridgehead atoms. The monoisotopic (exact) mass is 311 g/mol. The molecule has 0 aliphatic heterocycles. The molecule has 0 fully saturated rings. The van der Waals surface area contributed by atoms with Gasteiger partial charge in [0.2, 0.25) is 0 Å². The Bertz CT molecular complexity index is 604. The van der Waals surface area contributed by atoms with E-state index in [0.717, 1.165) is 5.56 Å². The summed E-state index contributed by atoms with van der Waals surface area (Å²) in [6.45, 7) is 1.90. The molecule has 2 atom stereocenters. The van der Waals surface area contributed by atoms with Crippen molar-refractivity contribution >= 4 is 23.2 Å². The predicted molar refractivity (Wildman–Crippen MR) is 80.6 cm³/mol. The van der Waals surface area contributed by atoms with Crippen LogP contribution in [0.2, 0.25) is 10.2 Å². The Morgan fingerprint density at radius 2 is 1.95 bits per heavy atom. The number of nitrogens with zero attached hydrogens (tertiary/aromatic N) is 1. The fraction of sp³-hybridized carbons (Fsp3) is 0.267. The first-order valence-electron chi connectivity index (χ1n) is 6.16. The zero-order valence-corrected chi connectivity index (χ0v) is 12.7. The molecular weight excluding hydrogens is 297 g/mol. The standard InChI is InChI=1S/C15H15Cl2NO2/c1-9(12-8-11(20-2)3-4-13(12)16)15(19)10-5-6-18-14(17)7-10/h3-9,15,19H,1-2H3. The molecule has 1 aromatic carbocycles. The molecule has 0 amide bonds. The molecule has 0 spiro atoms. The van der Waals surface area contributed by atoms with Crippen molar-refractivity contribution in [1.82, 2.24) is 4.98 Å². The van der Waals surface area contributed by atoms with Gasteiger partial charge in [0.15, 0.2) is 0 Å². The first kappa shape index (κ1) is 15.1. The van der Waals surface area contributed by atoms with Crippen molar-refractivity contribution in [3.63, 3.8) is 0 Å². The zero-order chi connectivity index (χ0) is 14.7. The van der Waals surface area contributed by atoms with Crippen LogP contribution >= 0.6 is 23.2 Å². The molecule has 0 saturated carbocycles. The van der Waals surface area contributed by atoms with Crippen LogP contribution in [-0.4, -0.2) is 17.2 Å². The maximum atomic E-state index is 10.5. The number of benzene rings is 1. The summed E-state index contributed by atoms with van der Waals surface area (Å²) in [5, 5.41) is 11.4. The van der Waals surface area contributed by atoms with E-state index < -0.39 is 6.10 Å². The van der Waals surface area contributed by atoms with Gasteiger partial charge in [0.05, 0.1) is 13.2 Å². The van der Waals surface area contributed by atoms with Crippen LogP contribution in [0.5, 0.6) is 5.75 Å². The molecular formula is C15H15Cl2NO2. The molecule has 0 radical (unpaired) electrons. The van der Waals surface area contributed by atoms with Crippen LogP contribution in [0.25, 0.3) is 0 Å². The normalized spacial score (nSPS) is 13.8. The van der Waals surface area contributed by atoms with Crippen LogP contribution in [-0.2, 0) is 0 Å². The molecule has 20 heavy (non-hydrogen) atoms. The van der Waals surface area contributed by atoms with E-state index in [1.54, 1.807) is 37.6 Å². The number of aliphatic hydroxyl groups excluding tert-OH is 1. The lowest BCUT2D eigenvalue weighted by atomic mass is 9.91. The van der Waals surface area contributed by atoms with E-state index in [1.807, 2.05) is 13.0 Å². The topological polar surface area (TPSA) is 42.4 Å². The molecule has 3 nitrogen and oxygen atoms in total. The number of aliphatic hydroxyl groups is 1. The molecule has 2 unspecified atom stereocenters. The van der Waals surface area contributed by atoms with E-state index in [2.05, 4.69) is 4.98 Å². The van der Waals surface area contributed by atoms with Gasteiger partial charge < -0.3 is 9.84 Å². The summed E-state index contributed by atoms with van der Waals surface area (Å²) in [6.07, 6.45) is 0.848. The maximum absolute atomic E-state index is 10.5. The van der Waals surface area contributed by atoms with E-state index in [-0.39, 0.29) is 5.92 Å². The van der Waals surface area contributed by atoms with Crippen LogP contribution in [0.4, 0.5) is 0 Å². The highest BCUT2D eigenvalue weighted by Crippen LogP contribution is 2.36. The third kappa shape index (κ3) is 3.23. The quantitative estimate of drug-likeness (QED) is 0.859. The van der Waals surface area contributed by atoms with Gasteiger partial charge >= 0.3 is 0 Å². The lowest BCUT2D eigenvalue weighted by molar-refractivity contribution is 0.151. The van der Waals surface area contributed by atoms with Crippen molar-refractivity contribution in [3.05, 3.63) is 57.8 Å². The average molecular weight is 312 g/mol. The first-order valence-corrected chi connectivity index (χ1v) is 6.91. The largest absolute Gasteiger partial charge is 0.497 e. The summed E-state index contributed by atoms with van der Waals surface area (Å²) in [5.41, 5.74) is 1.53. The van der Waals surface area contributed by atoms with Gasteiger partial charge in [-0.3, -0.25) is 0 Å². The zero-order valence-electron chi connectivity index (χ0n) is 11.2. The Morgan fingerprint density at radius 1 is 1.20 bits per heavy atom. The summed E-state index contributed by atoms with van der Waals surface area (Å²) in [7, 11) is 1.59. The summed E-state index contributed by atoms with van der Waals surface area (Å²) in [6, 6.07) is 8.77. The van der Waals surface area contributed by atoms with Gasteiger partial charge in [-0.15, -0.1) is 0 Å². The number of pyridine rings is 1. The number of methoxy groups -OCH3 is 1. The molecule has 5 heteroatoms. The summed E-state index contributed by atoms with van der Waals surface area (Å²) in [4.78, 5) is 3.91. The second-order valence-corrected chi connectivity index (χ2v) is 5.33. The van der Waals surface area contributed by atoms with Gasteiger partial charge in [0.25, 0.3) is 0 Å². The Labute approximate surface area is 128 Å². The average Bonchev–Trinajstić information content (AvgIpc) is 2.46. The van der Waals surface area contributed by atoms with Crippen LogP contribution < -0.4 is 4.74 Å².